The van der Waals surface area contributed by atoms with Crippen molar-refractivity contribution in [2.75, 3.05) is 7.11 Å². The molecule has 20 heavy (non-hydrogen) atoms. The summed E-state index contributed by atoms with van der Waals surface area (Å²) in [5.74, 6) is -0.382. The Labute approximate surface area is 114 Å². The van der Waals surface area contributed by atoms with Crippen molar-refractivity contribution >= 4 is 11.7 Å². The van der Waals surface area contributed by atoms with E-state index in [9.17, 15) is 14.9 Å². The summed E-state index contributed by atoms with van der Waals surface area (Å²) >= 11 is 0. The first-order chi connectivity index (χ1) is 9.58. The summed E-state index contributed by atoms with van der Waals surface area (Å²) in [4.78, 5) is 21.2. The molecule has 0 saturated heterocycles. The highest BCUT2D eigenvalue weighted by atomic mass is 16.6. The minimum Gasteiger partial charge on any atom is -0.469 e. The monoisotopic (exact) mass is 276 g/mol. The molecule has 8 heteroatoms. The van der Waals surface area contributed by atoms with Gasteiger partial charge in [0.15, 0.2) is 0 Å². The first kappa shape index (κ1) is 13.7. The summed E-state index contributed by atoms with van der Waals surface area (Å²) < 4.78 is 6.09. The van der Waals surface area contributed by atoms with Crippen LogP contribution in [0.15, 0.2) is 30.5 Å². The number of non-ortho nitro benzene ring substituents is 1. The van der Waals surface area contributed by atoms with Gasteiger partial charge in [0.1, 0.15) is 0 Å². The van der Waals surface area contributed by atoms with Gasteiger partial charge >= 0.3 is 5.97 Å². The molecule has 1 heterocycles. The lowest BCUT2D eigenvalue weighted by Gasteiger charge is -2.00. The smallest absolute Gasteiger partial charge is 0.311 e. The van der Waals surface area contributed by atoms with Crippen LogP contribution < -0.4 is 0 Å². The van der Waals surface area contributed by atoms with E-state index in [2.05, 4.69) is 15.0 Å². The van der Waals surface area contributed by atoms with Crippen molar-refractivity contribution in [1.29, 1.82) is 0 Å². The number of methoxy groups -OCH3 is 1. The fourth-order valence-electron chi connectivity index (χ4n) is 1.63. The number of aromatic nitrogens is 3. The van der Waals surface area contributed by atoms with E-state index >= 15 is 0 Å². The number of nitro benzene ring substituents is 1. The number of esters is 1. The second-order valence-electron chi connectivity index (χ2n) is 4.08. The van der Waals surface area contributed by atoms with Gasteiger partial charge in [-0.15, -0.1) is 5.10 Å². The first-order valence-corrected chi connectivity index (χ1v) is 5.77. The van der Waals surface area contributed by atoms with Gasteiger partial charge in [0.2, 0.25) is 0 Å². The van der Waals surface area contributed by atoms with Gasteiger partial charge in [-0.05, 0) is 5.56 Å². The Morgan fingerprint density at radius 1 is 1.40 bits per heavy atom. The van der Waals surface area contributed by atoms with E-state index in [1.165, 1.54) is 19.2 Å². The average Bonchev–Trinajstić information content (AvgIpc) is 2.86. The molecule has 0 amide bonds. The number of benzene rings is 1. The molecule has 0 aliphatic carbocycles. The summed E-state index contributed by atoms with van der Waals surface area (Å²) in [6.07, 6.45) is 1.70. The zero-order valence-electron chi connectivity index (χ0n) is 10.7. The normalized spacial score (nSPS) is 10.2. The van der Waals surface area contributed by atoms with Crippen LogP contribution in [0.4, 0.5) is 5.69 Å². The second-order valence-corrected chi connectivity index (χ2v) is 4.08. The van der Waals surface area contributed by atoms with Crippen LogP contribution in [-0.4, -0.2) is 33.0 Å². The molecule has 2 rings (SSSR count). The minimum absolute atomic E-state index is 0.0405. The zero-order chi connectivity index (χ0) is 14.5. The average molecular weight is 276 g/mol. The standard InChI is InChI=1S/C12H12N4O4/c1-20-12(17)6-10-8-15(14-13-10)7-9-2-4-11(5-3-9)16(18)19/h2-5,8H,6-7H2,1H3. The first-order valence-electron chi connectivity index (χ1n) is 5.77. The second kappa shape index (κ2) is 5.91. The third-order valence-electron chi connectivity index (χ3n) is 2.63. The molecule has 0 aliphatic rings. The van der Waals surface area contributed by atoms with E-state index in [-0.39, 0.29) is 18.1 Å². The Bertz CT molecular complexity index is 621. The van der Waals surface area contributed by atoms with Gasteiger partial charge in [0.05, 0.1) is 30.7 Å². The Kier molecular flexibility index (Phi) is 4.04. The van der Waals surface area contributed by atoms with Crippen molar-refractivity contribution < 1.29 is 14.5 Å². The molecule has 0 fully saturated rings. The van der Waals surface area contributed by atoms with Crippen molar-refractivity contribution in [3.63, 3.8) is 0 Å². The summed E-state index contributed by atoms with van der Waals surface area (Å²) in [5, 5.41) is 18.3. The number of carbonyl (C=O) groups is 1. The molecule has 1 aromatic heterocycles. The van der Waals surface area contributed by atoms with Crippen molar-refractivity contribution in [2.45, 2.75) is 13.0 Å². The van der Waals surface area contributed by atoms with Crippen LogP contribution in [0.1, 0.15) is 11.3 Å². The number of nitro groups is 1. The fraction of sp³-hybridized carbons (Fsp3) is 0.250. The highest BCUT2D eigenvalue weighted by Crippen LogP contribution is 2.12. The molecule has 8 nitrogen and oxygen atoms in total. The van der Waals surface area contributed by atoms with Crippen LogP contribution in [0.3, 0.4) is 0 Å². The van der Waals surface area contributed by atoms with Gasteiger partial charge in [-0.1, -0.05) is 17.3 Å². The van der Waals surface area contributed by atoms with Crippen LogP contribution in [0.2, 0.25) is 0 Å². The molecule has 104 valence electrons. The topological polar surface area (TPSA) is 100 Å². The van der Waals surface area contributed by atoms with E-state index < -0.39 is 4.92 Å². The maximum absolute atomic E-state index is 11.1. The third kappa shape index (κ3) is 3.37. The third-order valence-corrected chi connectivity index (χ3v) is 2.63. The van der Waals surface area contributed by atoms with Gasteiger partial charge in [0, 0.05) is 18.3 Å². The lowest BCUT2D eigenvalue weighted by atomic mass is 10.2. The molecule has 0 N–H and O–H groups in total. The summed E-state index contributed by atoms with van der Waals surface area (Å²) in [5.41, 5.74) is 1.41. The minimum atomic E-state index is -0.451. The Balaban J connectivity index is 2.03. The van der Waals surface area contributed by atoms with Gasteiger partial charge in [-0.3, -0.25) is 14.9 Å². The Morgan fingerprint density at radius 2 is 2.10 bits per heavy atom. The molecule has 0 atom stereocenters. The van der Waals surface area contributed by atoms with Crippen molar-refractivity contribution in [3.8, 4) is 0 Å². The van der Waals surface area contributed by atoms with E-state index in [4.69, 9.17) is 0 Å². The molecule has 0 unspecified atom stereocenters. The largest absolute Gasteiger partial charge is 0.469 e. The van der Waals surface area contributed by atoms with Gasteiger partial charge in [0.25, 0.3) is 5.69 Å². The molecular formula is C12H12N4O4. The van der Waals surface area contributed by atoms with Crippen LogP contribution in [-0.2, 0) is 22.5 Å². The van der Waals surface area contributed by atoms with Gasteiger partial charge in [-0.2, -0.15) is 0 Å². The maximum Gasteiger partial charge on any atom is 0.311 e. The number of carbonyl (C=O) groups excluding carboxylic acids is 1. The maximum atomic E-state index is 11.1. The van der Waals surface area contributed by atoms with Crippen LogP contribution in [0.5, 0.6) is 0 Å². The zero-order valence-corrected chi connectivity index (χ0v) is 10.7. The highest BCUT2D eigenvalue weighted by molar-refractivity contribution is 5.71. The number of rotatable bonds is 5. The van der Waals surface area contributed by atoms with E-state index in [1.807, 2.05) is 0 Å². The predicted molar refractivity (Wildman–Crippen MR) is 67.9 cm³/mol. The Morgan fingerprint density at radius 3 is 2.70 bits per heavy atom. The molecule has 0 radical (unpaired) electrons. The lowest BCUT2D eigenvalue weighted by Crippen LogP contribution is -2.04. The number of ether oxygens (including phenoxy) is 1. The van der Waals surface area contributed by atoms with Gasteiger partial charge < -0.3 is 4.74 Å². The summed E-state index contributed by atoms with van der Waals surface area (Å²) in [7, 11) is 1.31. The number of hydrogen-bond donors (Lipinski definition) is 0. The highest BCUT2D eigenvalue weighted by Gasteiger charge is 2.08. The van der Waals surface area contributed by atoms with Crippen LogP contribution in [0.25, 0.3) is 0 Å². The SMILES string of the molecule is COC(=O)Cc1cn(Cc2ccc([N+](=O)[O-])cc2)nn1. The summed E-state index contributed by atoms with van der Waals surface area (Å²) in [6.45, 7) is 0.423. The lowest BCUT2D eigenvalue weighted by molar-refractivity contribution is -0.384. The van der Waals surface area contributed by atoms with Crippen LogP contribution in [0, 0.1) is 10.1 Å². The van der Waals surface area contributed by atoms with Crippen LogP contribution >= 0.6 is 0 Å². The summed E-state index contributed by atoms with van der Waals surface area (Å²) in [6, 6.07) is 6.17. The molecule has 2 aromatic rings. The molecule has 1 aromatic carbocycles. The van der Waals surface area contributed by atoms with E-state index in [0.29, 0.717) is 12.2 Å². The molecule has 0 spiro atoms. The van der Waals surface area contributed by atoms with E-state index in [0.717, 1.165) is 5.56 Å². The number of hydrogen-bond acceptors (Lipinski definition) is 6. The molecular weight excluding hydrogens is 264 g/mol. The molecule has 0 bridgehead atoms. The van der Waals surface area contributed by atoms with Gasteiger partial charge in [-0.25, -0.2) is 4.68 Å². The molecule has 0 aliphatic heterocycles. The number of nitrogens with zero attached hydrogens (tertiary/aromatic N) is 4. The predicted octanol–water partition coefficient (Wildman–Crippen LogP) is 0.950. The molecule has 0 saturated carbocycles. The van der Waals surface area contributed by atoms with Crippen molar-refractivity contribution in [1.82, 2.24) is 15.0 Å². The fourth-order valence-corrected chi connectivity index (χ4v) is 1.63. The quantitative estimate of drug-likeness (QED) is 0.458. The van der Waals surface area contributed by atoms with Crippen molar-refractivity contribution in [3.05, 3.63) is 51.8 Å². The van der Waals surface area contributed by atoms with Crippen molar-refractivity contribution in [2.24, 2.45) is 0 Å². The Hall–Kier alpha value is -2.77. The van der Waals surface area contributed by atoms with E-state index in [1.54, 1.807) is 23.0 Å².